The first-order valence-corrected chi connectivity index (χ1v) is 5.22. The second kappa shape index (κ2) is 6.30. The number of aromatic carboxylic acids is 1. The van der Waals surface area contributed by atoms with Crippen molar-refractivity contribution in [3.8, 4) is 0 Å². The second-order valence-electron chi connectivity index (χ2n) is 3.70. The molecule has 0 aliphatic carbocycles. The number of ether oxygens (including phenoxy) is 1. The van der Waals surface area contributed by atoms with E-state index in [-0.39, 0.29) is 11.7 Å². The summed E-state index contributed by atoms with van der Waals surface area (Å²) in [5.41, 5.74) is 0.176. The third-order valence-corrected chi connectivity index (χ3v) is 1.93. The highest BCUT2D eigenvalue weighted by atomic mass is 16.5. The third-order valence-electron chi connectivity index (χ3n) is 1.93. The summed E-state index contributed by atoms with van der Waals surface area (Å²) in [6.45, 7) is 5.80. The van der Waals surface area contributed by atoms with Gasteiger partial charge in [0.2, 0.25) is 0 Å². The summed E-state index contributed by atoms with van der Waals surface area (Å²) in [6.07, 6.45) is 1.47. The van der Waals surface area contributed by atoms with Crippen LogP contribution in [0.3, 0.4) is 0 Å². The minimum absolute atomic E-state index is 0.176. The largest absolute Gasteiger partial charge is 0.478 e. The van der Waals surface area contributed by atoms with Gasteiger partial charge in [-0.25, -0.2) is 4.79 Å². The van der Waals surface area contributed by atoms with Crippen LogP contribution in [0.5, 0.6) is 0 Å². The van der Waals surface area contributed by atoms with Gasteiger partial charge in [-0.05, 0) is 19.9 Å². The zero-order chi connectivity index (χ0) is 12.0. The van der Waals surface area contributed by atoms with Crippen molar-refractivity contribution in [3.63, 3.8) is 0 Å². The van der Waals surface area contributed by atoms with E-state index in [1.807, 2.05) is 13.8 Å². The molecule has 5 nitrogen and oxygen atoms in total. The molecule has 0 unspecified atom stereocenters. The van der Waals surface area contributed by atoms with Gasteiger partial charge in [0.1, 0.15) is 12.0 Å². The maximum Gasteiger partial charge on any atom is 0.338 e. The summed E-state index contributed by atoms with van der Waals surface area (Å²) < 4.78 is 10.4. The highest BCUT2D eigenvalue weighted by Crippen LogP contribution is 2.07. The molecular weight excluding hydrogens is 210 g/mol. The summed E-state index contributed by atoms with van der Waals surface area (Å²) in [5.74, 6) is -0.361. The Labute approximate surface area is 94.4 Å². The van der Waals surface area contributed by atoms with E-state index in [0.717, 1.165) is 0 Å². The van der Waals surface area contributed by atoms with Crippen molar-refractivity contribution in [3.05, 3.63) is 23.7 Å². The maximum absolute atomic E-state index is 10.6. The van der Waals surface area contributed by atoms with Crippen molar-refractivity contribution in [1.82, 2.24) is 5.32 Å². The minimum atomic E-state index is -0.974. The number of carboxylic acid groups (broad SMARTS) is 1. The molecule has 0 spiro atoms. The Morgan fingerprint density at radius 2 is 2.38 bits per heavy atom. The van der Waals surface area contributed by atoms with Gasteiger partial charge < -0.3 is 19.6 Å². The molecule has 5 heteroatoms. The van der Waals surface area contributed by atoms with Crippen LogP contribution in [-0.2, 0) is 11.3 Å². The lowest BCUT2D eigenvalue weighted by molar-refractivity contribution is 0.0696. The second-order valence-corrected chi connectivity index (χ2v) is 3.70. The molecule has 0 aliphatic heterocycles. The average molecular weight is 227 g/mol. The van der Waals surface area contributed by atoms with Crippen LogP contribution in [-0.4, -0.2) is 30.3 Å². The van der Waals surface area contributed by atoms with Gasteiger partial charge in [-0.1, -0.05) is 0 Å². The molecule has 0 amide bonds. The fourth-order valence-corrected chi connectivity index (χ4v) is 1.16. The fourth-order valence-electron chi connectivity index (χ4n) is 1.16. The molecular formula is C11H17NO4. The molecule has 0 saturated carbocycles. The van der Waals surface area contributed by atoms with Crippen LogP contribution in [0, 0.1) is 0 Å². The molecule has 0 bridgehead atoms. The van der Waals surface area contributed by atoms with Gasteiger partial charge in [-0.3, -0.25) is 0 Å². The topological polar surface area (TPSA) is 71.7 Å². The van der Waals surface area contributed by atoms with Crippen molar-refractivity contribution in [1.29, 1.82) is 0 Å². The number of nitrogens with one attached hydrogen (secondary N) is 1. The van der Waals surface area contributed by atoms with Crippen LogP contribution in [0.25, 0.3) is 0 Å². The van der Waals surface area contributed by atoms with Crippen molar-refractivity contribution in [2.24, 2.45) is 0 Å². The molecule has 0 aliphatic rings. The Kier molecular flexibility index (Phi) is 5.01. The number of carbonyl (C=O) groups is 1. The highest BCUT2D eigenvalue weighted by Gasteiger charge is 2.07. The molecule has 1 rings (SSSR count). The van der Waals surface area contributed by atoms with E-state index in [0.29, 0.717) is 25.5 Å². The van der Waals surface area contributed by atoms with Crippen LogP contribution >= 0.6 is 0 Å². The van der Waals surface area contributed by atoms with E-state index in [2.05, 4.69) is 5.32 Å². The number of hydrogen-bond donors (Lipinski definition) is 2. The van der Waals surface area contributed by atoms with Crippen LogP contribution in [0.2, 0.25) is 0 Å². The lowest BCUT2D eigenvalue weighted by atomic mass is 10.3. The van der Waals surface area contributed by atoms with Gasteiger partial charge in [-0.2, -0.15) is 0 Å². The first-order chi connectivity index (χ1) is 7.59. The Morgan fingerprint density at radius 1 is 1.62 bits per heavy atom. The average Bonchev–Trinajstić information content (AvgIpc) is 2.65. The summed E-state index contributed by atoms with van der Waals surface area (Å²) in [4.78, 5) is 10.6. The summed E-state index contributed by atoms with van der Waals surface area (Å²) in [6, 6.07) is 1.51. The molecule has 0 fully saturated rings. The van der Waals surface area contributed by atoms with Gasteiger partial charge in [0.15, 0.2) is 0 Å². The van der Waals surface area contributed by atoms with E-state index < -0.39 is 5.97 Å². The summed E-state index contributed by atoms with van der Waals surface area (Å²) in [5, 5.41) is 11.8. The Balaban J connectivity index is 2.19. The van der Waals surface area contributed by atoms with Gasteiger partial charge >= 0.3 is 5.97 Å². The Bertz CT molecular complexity index is 332. The van der Waals surface area contributed by atoms with E-state index in [9.17, 15) is 4.79 Å². The number of hydrogen-bond acceptors (Lipinski definition) is 4. The number of carboxylic acids is 1. The van der Waals surface area contributed by atoms with Gasteiger partial charge in [0, 0.05) is 6.54 Å². The molecule has 90 valence electrons. The van der Waals surface area contributed by atoms with Crippen LogP contribution < -0.4 is 5.32 Å². The SMILES string of the molecule is CC(C)OCCNCc1cc(C(=O)O)co1. The number of rotatable bonds is 7. The van der Waals surface area contributed by atoms with Gasteiger partial charge in [0.05, 0.1) is 24.8 Å². The Morgan fingerprint density at radius 3 is 2.94 bits per heavy atom. The standard InChI is InChI=1S/C11H17NO4/c1-8(2)15-4-3-12-6-10-5-9(7-16-10)11(13)14/h5,7-8,12H,3-4,6H2,1-2H3,(H,13,14). The van der Waals surface area contributed by atoms with Crippen molar-refractivity contribution >= 4 is 5.97 Å². The molecule has 16 heavy (non-hydrogen) atoms. The quantitative estimate of drug-likeness (QED) is 0.690. The van der Waals surface area contributed by atoms with Gasteiger partial charge in [-0.15, -0.1) is 0 Å². The van der Waals surface area contributed by atoms with Crippen molar-refractivity contribution in [2.45, 2.75) is 26.5 Å². The molecule has 2 N–H and O–H groups in total. The summed E-state index contributed by atoms with van der Waals surface area (Å²) >= 11 is 0. The molecule has 0 aromatic carbocycles. The van der Waals surface area contributed by atoms with Crippen molar-refractivity contribution < 1.29 is 19.1 Å². The molecule has 0 atom stereocenters. The predicted octanol–water partition coefficient (Wildman–Crippen LogP) is 1.49. The van der Waals surface area contributed by atoms with E-state index in [1.54, 1.807) is 0 Å². The van der Waals surface area contributed by atoms with Gasteiger partial charge in [0.25, 0.3) is 0 Å². The number of furan rings is 1. The zero-order valence-electron chi connectivity index (χ0n) is 9.53. The van der Waals surface area contributed by atoms with E-state index in [1.165, 1.54) is 12.3 Å². The lowest BCUT2D eigenvalue weighted by Gasteiger charge is -2.07. The summed E-state index contributed by atoms with van der Waals surface area (Å²) in [7, 11) is 0. The fraction of sp³-hybridized carbons (Fsp3) is 0.545. The zero-order valence-corrected chi connectivity index (χ0v) is 9.53. The lowest BCUT2D eigenvalue weighted by Crippen LogP contribution is -2.20. The maximum atomic E-state index is 10.6. The van der Waals surface area contributed by atoms with Crippen LogP contribution in [0.1, 0.15) is 30.0 Å². The highest BCUT2D eigenvalue weighted by molar-refractivity contribution is 5.87. The van der Waals surface area contributed by atoms with E-state index in [4.69, 9.17) is 14.3 Å². The molecule has 1 aromatic heterocycles. The first kappa shape index (κ1) is 12.7. The predicted molar refractivity (Wildman–Crippen MR) is 58.5 cm³/mol. The third kappa shape index (κ3) is 4.46. The molecule has 1 aromatic rings. The molecule has 0 saturated heterocycles. The molecule has 0 radical (unpaired) electrons. The minimum Gasteiger partial charge on any atom is -0.478 e. The Hall–Kier alpha value is -1.33. The molecule has 1 heterocycles. The van der Waals surface area contributed by atoms with Crippen molar-refractivity contribution in [2.75, 3.05) is 13.2 Å². The normalized spacial score (nSPS) is 10.9. The van der Waals surface area contributed by atoms with Crippen LogP contribution in [0.4, 0.5) is 0 Å². The van der Waals surface area contributed by atoms with Crippen LogP contribution in [0.15, 0.2) is 16.7 Å². The first-order valence-electron chi connectivity index (χ1n) is 5.22. The smallest absolute Gasteiger partial charge is 0.338 e. The monoisotopic (exact) mass is 227 g/mol. The van der Waals surface area contributed by atoms with E-state index >= 15 is 0 Å².